The number of rotatable bonds is 8. The molecule has 1 unspecified atom stereocenters. The molecule has 0 saturated carbocycles. The van der Waals surface area contributed by atoms with Gasteiger partial charge >= 0.3 is 0 Å². The quantitative estimate of drug-likeness (QED) is 0.713. The summed E-state index contributed by atoms with van der Waals surface area (Å²) in [5, 5.41) is 3.36. The molecule has 0 spiro atoms. The van der Waals surface area contributed by atoms with Crippen LogP contribution in [-0.2, 0) is 0 Å². The predicted octanol–water partition coefficient (Wildman–Crippen LogP) is 4.00. The fourth-order valence-corrected chi connectivity index (χ4v) is 3.43. The van der Waals surface area contributed by atoms with Crippen LogP contribution in [0.2, 0.25) is 0 Å². The maximum atomic E-state index is 12.6. The molecule has 0 saturated heterocycles. The molecule has 4 heteroatoms. The van der Waals surface area contributed by atoms with Crippen LogP contribution >= 0.6 is 0 Å². The van der Waals surface area contributed by atoms with Crippen LogP contribution in [0.1, 0.15) is 73.1 Å². The second kappa shape index (κ2) is 7.07. The number of allylic oxidation sites excluding steroid dienone is 1. The van der Waals surface area contributed by atoms with Crippen LogP contribution < -0.4 is 5.32 Å². The summed E-state index contributed by atoms with van der Waals surface area (Å²) in [5.41, 5.74) is 3.73. The van der Waals surface area contributed by atoms with Crippen molar-refractivity contribution in [1.29, 1.82) is 0 Å². The van der Waals surface area contributed by atoms with E-state index in [4.69, 9.17) is 0 Å². The average molecular weight is 313 g/mol. The van der Waals surface area contributed by atoms with Crippen LogP contribution in [0.4, 0.5) is 0 Å². The lowest BCUT2D eigenvalue weighted by Gasteiger charge is -2.32. The maximum Gasteiger partial charge on any atom is 0.225 e. The van der Waals surface area contributed by atoms with Crippen LogP contribution in [0.25, 0.3) is 6.08 Å². The number of ketones is 1. The van der Waals surface area contributed by atoms with Crippen LogP contribution in [-0.4, -0.2) is 29.3 Å². The Kier molecular flexibility index (Phi) is 4.89. The summed E-state index contributed by atoms with van der Waals surface area (Å²) in [5.74, 6) is 0.0946. The van der Waals surface area contributed by atoms with Crippen molar-refractivity contribution < 1.29 is 4.79 Å². The highest BCUT2D eigenvalue weighted by molar-refractivity contribution is 6.10. The van der Waals surface area contributed by atoms with Crippen molar-refractivity contribution in [3.8, 4) is 0 Å². The zero-order valence-electron chi connectivity index (χ0n) is 14.2. The number of nitrogens with one attached hydrogen (secondary N) is 2. The maximum absolute atomic E-state index is 12.6. The van der Waals surface area contributed by atoms with Gasteiger partial charge in [-0.3, -0.25) is 4.79 Å². The molecule has 1 aromatic heterocycles. The van der Waals surface area contributed by atoms with Gasteiger partial charge in [0.2, 0.25) is 5.78 Å². The Morgan fingerprint density at radius 2 is 2.00 bits per heavy atom. The smallest absolute Gasteiger partial charge is 0.225 e. The van der Waals surface area contributed by atoms with Crippen LogP contribution in [0.3, 0.4) is 0 Å². The average Bonchev–Trinajstić information content (AvgIpc) is 2.98. The molecule has 124 valence electrons. The molecule has 3 rings (SSSR count). The lowest BCUT2D eigenvalue weighted by atomic mass is 9.90. The van der Waals surface area contributed by atoms with Crippen LogP contribution in [0, 0.1) is 0 Å². The molecule has 0 radical (unpaired) electrons. The second-order valence-electron chi connectivity index (χ2n) is 6.56. The van der Waals surface area contributed by atoms with E-state index in [2.05, 4.69) is 47.5 Å². The van der Waals surface area contributed by atoms with E-state index in [-0.39, 0.29) is 11.8 Å². The lowest BCUT2D eigenvalue weighted by molar-refractivity contribution is 0.101. The summed E-state index contributed by atoms with van der Waals surface area (Å²) in [6, 6.07) is 0.154. The van der Waals surface area contributed by atoms with Crippen molar-refractivity contribution in [3.63, 3.8) is 0 Å². The number of Topliss-reactive ketones (excluding diaryl/α,β-unsaturated/α-hetero) is 1. The van der Waals surface area contributed by atoms with Gasteiger partial charge in [-0.05, 0) is 24.1 Å². The first kappa shape index (κ1) is 15.9. The van der Waals surface area contributed by atoms with Gasteiger partial charge in [0.25, 0.3) is 0 Å². The summed E-state index contributed by atoms with van der Waals surface area (Å²) in [6.07, 6.45) is 15.7. The van der Waals surface area contributed by atoms with Crippen LogP contribution in [0.5, 0.6) is 0 Å². The van der Waals surface area contributed by atoms with Crippen LogP contribution in [0.15, 0.2) is 24.2 Å². The summed E-state index contributed by atoms with van der Waals surface area (Å²) in [7, 11) is 2.05. The Labute approximate surface area is 138 Å². The molecular weight excluding hydrogens is 286 g/mol. The second-order valence-corrected chi connectivity index (χ2v) is 6.56. The third-order valence-electron chi connectivity index (χ3n) is 4.82. The van der Waals surface area contributed by atoms with Gasteiger partial charge in [-0.15, -0.1) is 0 Å². The van der Waals surface area contributed by atoms with Gasteiger partial charge in [-0.25, -0.2) is 0 Å². The number of aromatic amines is 1. The van der Waals surface area contributed by atoms with E-state index in [1.54, 1.807) is 0 Å². The number of likely N-dealkylation sites (N-methyl/N-ethyl adjacent to an activating group) is 1. The van der Waals surface area contributed by atoms with Crippen molar-refractivity contribution in [2.24, 2.45) is 0 Å². The number of hydrogen-bond donors (Lipinski definition) is 2. The molecule has 4 nitrogen and oxygen atoms in total. The molecule has 1 aliphatic heterocycles. The summed E-state index contributed by atoms with van der Waals surface area (Å²) < 4.78 is 0. The summed E-state index contributed by atoms with van der Waals surface area (Å²) in [4.78, 5) is 17.9. The number of aromatic nitrogens is 1. The van der Waals surface area contributed by atoms with E-state index >= 15 is 0 Å². The summed E-state index contributed by atoms with van der Waals surface area (Å²) in [6.45, 7) is 3.11. The minimum absolute atomic E-state index is 0.0946. The largest absolute Gasteiger partial charge is 0.382 e. The Hall–Kier alpha value is -1.97. The zero-order valence-corrected chi connectivity index (χ0v) is 14.2. The Morgan fingerprint density at radius 3 is 2.83 bits per heavy atom. The zero-order chi connectivity index (χ0) is 16.2. The topological polar surface area (TPSA) is 48.1 Å². The number of carbonyl (C=O) groups is 1. The molecule has 1 aromatic rings. The van der Waals surface area contributed by atoms with Gasteiger partial charge in [0, 0.05) is 31.6 Å². The predicted molar refractivity (Wildman–Crippen MR) is 94.1 cm³/mol. The Bertz CT molecular complexity index is 627. The van der Waals surface area contributed by atoms with E-state index in [1.165, 1.54) is 32.1 Å². The van der Waals surface area contributed by atoms with Crippen molar-refractivity contribution >= 4 is 11.9 Å². The standard InChI is InChI=1S/C19H27N3O/c1-3-4-5-6-7-8-10-20-15-12-16-17-14(9-11-22(16)2)13-21-18(17)19(15)23/h9,11-13,16,20-21H,3-8,10H2,1-2H3. The van der Waals surface area contributed by atoms with E-state index in [0.29, 0.717) is 0 Å². The third-order valence-corrected chi connectivity index (χ3v) is 4.82. The molecule has 1 aliphatic carbocycles. The molecule has 0 fully saturated rings. The molecule has 23 heavy (non-hydrogen) atoms. The molecule has 0 amide bonds. The van der Waals surface area contributed by atoms with E-state index in [9.17, 15) is 4.79 Å². The van der Waals surface area contributed by atoms with Crippen molar-refractivity contribution in [2.45, 2.75) is 51.5 Å². The monoisotopic (exact) mass is 313 g/mol. The number of carbonyl (C=O) groups excluding carboxylic acids is 1. The minimum Gasteiger partial charge on any atom is -0.382 e. The lowest BCUT2D eigenvalue weighted by Crippen LogP contribution is -2.31. The van der Waals surface area contributed by atoms with Crippen molar-refractivity contribution in [3.05, 3.63) is 41.0 Å². The molecule has 2 N–H and O–H groups in total. The highest BCUT2D eigenvalue weighted by Gasteiger charge is 2.33. The number of hydrogen-bond acceptors (Lipinski definition) is 3. The third kappa shape index (κ3) is 3.21. The van der Waals surface area contributed by atoms with Crippen molar-refractivity contribution in [2.75, 3.05) is 13.6 Å². The van der Waals surface area contributed by atoms with Gasteiger partial charge in [-0.1, -0.05) is 39.0 Å². The van der Waals surface area contributed by atoms with E-state index in [0.717, 1.165) is 35.5 Å². The van der Waals surface area contributed by atoms with Gasteiger partial charge in [-0.2, -0.15) is 0 Å². The Morgan fingerprint density at radius 1 is 1.22 bits per heavy atom. The molecule has 2 heterocycles. The highest BCUT2D eigenvalue weighted by atomic mass is 16.1. The number of unbranched alkanes of at least 4 members (excludes halogenated alkanes) is 5. The molecule has 1 atom stereocenters. The molecule has 0 bridgehead atoms. The van der Waals surface area contributed by atoms with Gasteiger partial charge < -0.3 is 15.2 Å². The first-order valence-electron chi connectivity index (χ1n) is 8.84. The number of H-pyrrole nitrogens is 1. The number of nitrogens with zero attached hydrogens (tertiary/aromatic N) is 1. The van der Waals surface area contributed by atoms with Gasteiger partial charge in [0.15, 0.2) is 0 Å². The normalized spacial score (nSPS) is 18.9. The fraction of sp³-hybridized carbons (Fsp3) is 0.526. The summed E-state index contributed by atoms with van der Waals surface area (Å²) >= 11 is 0. The molecule has 0 aromatic carbocycles. The van der Waals surface area contributed by atoms with Gasteiger partial charge in [0.05, 0.1) is 17.4 Å². The van der Waals surface area contributed by atoms with Crippen molar-refractivity contribution in [1.82, 2.24) is 15.2 Å². The SMILES string of the molecule is CCCCCCCCNC1=CC2c3c(c[nH]c3C1=O)C=CN2C. The minimum atomic E-state index is 0.0946. The Balaban J connectivity index is 1.58. The molecule has 2 aliphatic rings. The molecular formula is C19H27N3O. The van der Waals surface area contributed by atoms with E-state index < -0.39 is 0 Å². The van der Waals surface area contributed by atoms with E-state index in [1.807, 2.05) is 6.20 Å². The first-order chi connectivity index (χ1) is 11.2. The first-order valence-corrected chi connectivity index (χ1v) is 8.84. The fourth-order valence-electron chi connectivity index (χ4n) is 3.43. The van der Waals surface area contributed by atoms with Gasteiger partial charge in [0.1, 0.15) is 0 Å². The highest BCUT2D eigenvalue weighted by Crippen LogP contribution is 2.37.